The minimum Gasteiger partial charge on any atom is -0.455 e. The van der Waals surface area contributed by atoms with Gasteiger partial charge in [-0.05, 0) is 54.1 Å². The predicted molar refractivity (Wildman–Crippen MR) is 114 cm³/mol. The Hall–Kier alpha value is -2.78. The van der Waals surface area contributed by atoms with Crippen LogP contribution in [0.5, 0.6) is 11.5 Å². The van der Waals surface area contributed by atoms with Crippen molar-refractivity contribution in [3.63, 3.8) is 0 Å². The molecule has 156 valence electrons. The zero-order valence-corrected chi connectivity index (χ0v) is 17.6. The van der Waals surface area contributed by atoms with Crippen LogP contribution in [-0.2, 0) is 16.2 Å². The quantitative estimate of drug-likeness (QED) is 0.413. The van der Waals surface area contributed by atoms with Crippen LogP contribution in [-0.4, -0.2) is 8.42 Å². The van der Waals surface area contributed by atoms with Gasteiger partial charge >= 0.3 is 6.18 Å². The van der Waals surface area contributed by atoms with Gasteiger partial charge in [0.1, 0.15) is 5.75 Å². The largest absolute Gasteiger partial charge is 0.455 e. The molecule has 3 aromatic carbocycles. The summed E-state index contributed by atoms with van der Waals surface area (Å²) in [7, 11) is -4.10. The Morgan fingerprint density at radius 3 is 2.23 bits per heavy atom. The molecule has 0 amide bonds. The van der Waals surface area contributed by atoms with Crippen molar-refractivity contribution in [3.05, 3.63) is 93.8 Å². The van der Waals surface area contributed by atoms with Crippen LogP contribution in [0.1, 0.15) is 11.1 Å². The van der Waals surface area contributed by atoms with E-state index in [1.165, 1.54) is 6.08 Å². The highest BCUT2D eigenvalue weighted by Gasteiger charge is 2.31. The SMILES string of the molecule is O=S(=O)(C=Cc1ccccc1)Nc1cc(C(F)(F)F)ccc1Oc1ccc(Br)cc1. The van der Waals surface area contributed by atoms with Gasteiger partial charge < -0.3 is 4.74 Å². The Kier molecular flexibility index (Phi) is 6.52. The van der Waals surface area contributed by atoms with Gasteiger partial charge in [-0.15, -0.1) is 0 Å². The van der Waals surface area contributed by atoms with Crippen molar-refractivity contribution < 1.29 is 26.3 Å². The Morgan fingerprint density at radius 1 is 0.933 bits per heavy atom. The standard InChI is InChI=1S/C21H15BrF3NO3S/c22-17-7-9-18(10-8-17)29-20-11-6-16(21(23,24)25)14-19(20)26-30(27,28)13-12-15-4-2-1-3-5-15/h1-14,26H. The van der Waals surface area contributed by atoms with Gasteiger partial charge in [0.15, 0.2) is 5.75 Å². The monoisotopic (exact) mass is 497 g/mol. The molecule has 0 unspecified atom stereocenters. The molecule has 0 aliphatic rings. The van der Waals surface area contributed by atoms with Crippen molar-refractivity contribution in [1.82, 2.24) is 0 Å². The molecule has 0 bridgehead atoms. The predicted octanol–water partition coefficient (Wildman–Crippen LogP) is 6.67. The molecule has 0 aliphatic carbocycles. The summed E-state index contributed by atoms with van der Waals surface area (Å²) in [5, 5.41) is 0.881. The number of benzene rings is 3. The second-order valence-electron chi connectivity index (χ2n) is 6.13. The van der Waals surface area contributed by atoms with Gasteiger partial charge in [-0.3, -0.25) is 4.72 Å². The highest BCUT2D eigenvalue weighted by Crippen LogP contribution is 2.37. The van der Waals surface area contributed by atoms with Crippen molar-refractivity contribution in [2.75, 3.05) is 4.72 Å². The maximum Gasteiger partial charge on any atom is 0.416 e. The second kappa shape index (κ2) is 8.93. The van der Waals surface area contributed by atoms with Crippen LogP contribution in [0, 0.1) is 0 Å². The van der Waals surface area contributed by atoms with E-state index in [0.717, 1.165) is 22.0 Å². The number of nitrogens with one attached hydrogen (secondary N) is 1. The lowest BCUT2D eigenvalue weighted by atomic mass is 10.2. The molecular weight excluding hydrogens is 483 g/mol. The van der Waals surface area contributed by atoms with E-state index in [4.69, 9.17) is 4.74 Å². The van der Waals surface area contributed by atoms with E-state index in [-0.39, 0.29) is 11.4 Å². The average molecular weight is 498 g/mol. The molecule has 0 radical (unpaired) electrons. The lowest BCUT2D eigenvalue weighted by Gasteiger charge is -2.15. The van der Waals surface area contributed by atoms with Gasteiger partial charge in [0.05, 0.1) is 16.7 Å². The summed E-state index contributed by atoms with van der Waals surface area (Å²) < 4.78 is 72.8. The van der Waals surface area contributed by atoms with Gasteiger partial charge in [-0.1, -0.05) is 46.3 Å². The van der Waals surface area contributed by atoms with E-state index in [1.54, 1.807) is 54.6 Å². The third kappa shape index (κ3) is 6.11. The minimum absolute atomic E-state index is 0.0676. The molecule has 0 saturated carbocycles. The molecule has 0 aliphatic heterocycles. The molecule has 0 heterocycles. The van der Waals surface area contributed by atoms with Crippen LogP contribution in [0.3, 0.4) is 0 Å². The minimum atomic E-state index is -4.64. The zero-order chi connectivity index (χ0) is 21.8. The number of sulfonamides is 1. The van der Waals surface area contributed by atoms with Crippen LogP contribution >= 0.6 is 15.9 Å². The Labute approximate surface area is 180 Å². The molecule has 1 N–H and O–H groups in total. The number of halogens is 4. The molecule has 0 atom stereocenters. The van der Waals surface area contributed by atoms with Crippen molar-refractivity contribution in [1.29, 1.82) is 0 Å². The number of hydrogen-bond donors (Lipinski definition) is 1. The number of anilines is 1. The van der Waals surface area contributed by atoms with E-state index >= 15 is 0 Å². The van der Waals surface area contributed by atoms with Gasteiger partial charge in [-0.2, -0.15) is 13.2 Å². The van der Waals surface area contributed by atoms with Crippen LogP contribution in [0.4, 0.5) is 18.9 Å². The number of rotatable bonds is 6. The Balaban J connectivity index is 1.93. The van der Waals surface area contributed by atoms with E-state index in [9.17, 15) is 21.6 Å². The van der Waals surface area contributed by atoms with Gasteiger partial charge in [0.25, 0.3) is 10.0 Å². The summed E-state index contributed by atoms with van der Waals surface area (Å²) >= 11 is 3.27. The molecular formula is C21H15BrF3NO3S. The normalized spacial score (nSPS) is 12.1. The fraction of sp³-hybridized carbons (Fsp3) is 0.0476. The van der Waals surface area contributed by atoms with Crippen molar-refractivity contribution in [3.8, 4) is 11.5 Å². The van der Waals surface area contributed by atoms with Crippen molar-refractivity contribution in [2.45, 2.75) is 6.18 Å². The van der Waals surface area contributed by atoms with Crippen LogP contribution in [0.2, 0.25) is 0 Å². The third-order valence-corrected chi connectivity index (χ3v) is 5.37. The number of alkyl halides is 3. The highest BCUT2D eigenvalue weighted by molar-refractivity contribution is 9.10. The second-order valence-corrected chi connectivity index (χ2v) is 8.61. The first-order valence-corrected chi connectivity index (χ1v) is 10.9. The molecule has 3 rings (SSSR count). The van der Waals surface area contributed by atoms with E-state index in [2.05, 4.69) is 20.7 Å². The first kappa shape index (κ1) is 21.9. The average Bonchev–Trinajstić information content (AvgIpc) is 2.69. The summed E-state index contributed by atoms with van der Waals surface area (Å²) in [5.74, 6) is 0.264. The maximum atomic E-state index is 13.1. The molecule has 0 saturated heterocycles. The number of hydrogen-bond acceptors (Lipinski definition) is 3. The van der Waals surface area contributed by atoms with E-state index < -0.39 is 21.8 Å². The Morgan fingerprint density at radius 2 is 1.60 bits per heavy atom. The molecule has 0 fully saturated rings. The van der Waals surface area contributed by atoms with Crippen molar-refractivity contribution in [2.24, 2.45) is 0 Å². The molecule has 30 heavy (non-hydrogen) atoms. The fourth-order valence-electron chi connectivity index (χ4n) is 2.42. The lowest BCUT2D eigenvalue weighted by molar-refractivity contribution is -0.137. The van der Waals surface area contributed by atoms with Crippen molar-refractivity contribution >= 4 is 37.7 Å². The number of ether oxygens (including phenoxy) is 1. The van der Waals surface area contributed by atoms with Gasteiger partial charge in [0, 0.05) is 4.47 Å². The highest BCUT2D eigenvalue weighted by atomic mass is 79.9. The summed E-state index contributed by atoms with van der Waals surface area (Å²) in [5.41, 5.74) is -0.709. The summed E-state index contributed by atoms with van der Waals surface area (Å²) in [6.07, 6.45) is -3.30. The molecule has 4 nitrogen and oxygen atoms in total. The summed E-state index contributed by atoms with van der Waals surface area (Å²) in [4.78, 5) is 0. The van der Waals surface area contributed by atoms with Crippen LogP contribution < -0.4 is 9.46 Å². The molecule has 9 heteroatoms. The summed E-state index contributed by atoms with van der Waals surface area (Å²) in [6.45, 7) is 0. The van der Waals surface area contributed by atoms with E-state index in [1.807, 2.05) is 0 Å². The smallest absolute Gasteiger partial charge is 0.416 e. The molecule has 3 aromatic rings. The van der Waals surface area contributed by atoms with Gasteiger partial charge in [-0.25, -0.2) is 8.42 Å². The molecule has 0 spiro atoms. The first-order valence-electron chi connectivity index (χ1n) is 8.53. The third-order valence-electron chi connectivity index (χ3n) is 3.84. The fourth-order valence-corrected chi connectivity index (χ4v) is 3.56. The van der Waals surface area contributed by atoms with Gasteiger partial charge in [0.2, 0.25) is 0 Å². The zero-order valence-electron chi connectivity index (χ0n) is 15.2. The molecule has 0 aromatic heterocycles. The maximum absolute atomic E-state index is 13.1. The first-order chi connectivity index (χ1) is 14.1. The lowest BCUT2D eigenvalue weighted by Crippen LogP contribution is -2.12. The van der Waals surface area contributed by atoms with Crippen LogP contribution in [0.15, 0.2) is 82.7 Å². The Bertz CT molecular complexity index is 1150. The van der Waals surface area contributed by atoms with E-state index in [0.29, 0.717) is 17.4 Å². The topological polar surface area (TPSA) is 55.4 Å². The summed E-state index contributed by atoms with van der Waals surface area (Å²) in [6, 6.07) is 17.8. The van der Waals surface area contributed by atoms with Crippen LogP contribution in [0.25, 0.3) is 6.08 Å².